The summed E-state index contributed by atoms with van der Waals surface area (Å²) < 4.78 is 5.03. The second kappa shape index (κ2) is 6.97. The predicted octanol–water partition coefficient (Wildman–Crippen LogP) is 3.45. The van der Waals surface area contributed by atoms with E-state index < -0.39 is 0 Å². The minimum absolute atomic E-state index is 0.349. The fraction of sp³-hybridized carbons (Fsp3) is 0.353. The molecule has 0 radical (unpaired) electrons. The van der Waals surface area contributed by atoms with Gasteiger partial charge in [-0.05, 0) is 25.3 Å². The summed E-state index contributed by atoms with van der Waals surface area (Å²) in [6.07, 6.45) is 3.23. The standard InChI is InChI=1S/C17H20N2O2/c1-4-12-7-9-13(10-8-12)16-18-11-14(15(5-2)19-16)17(20)21-6-3/h7-11H,4-6H2,1-3H3. The van der Waals surface area contributed by atoms with Gasteiger partial charge in [0.25, 0.3) is 0 Å². The molecule has 0 fully saturated rings. The zero-order valence-electron chi connectivity index (χ0n) is 12.7. The first-order valence-electron chi connectivity index (χ1n) is 7.31. The third kappa shape index (κ3) is 3.45. The first kappa shape index (κ1) is 15.2. The smallest absolute Gasteiger partial charge is 0.341 e. The van der Waals surface area contributed by atoms with Crippen LogP contribution in [0.4, 0.5) is 0 Å². The van der Waals surface area contributed by atoms with Crippen LogP contribution in [0.1, 0.15) is 42.4 Å². The van der Waals surface area contributed by atoms with Crippen molar-refractivity contribution in [1.29, 1.82) is 0 Å². The highest BCUT2D eigenvalue weighted by Crippen LogP contribution is 2.18. The number of carbonyl (C=O) groups excluding carboxylic acids is 1. The maximum atomic E-state index is 11.9. The molecule has 0 unspecified atom stereocenters. The van der Waals surface area contributed by atoms with Crippen LogP contribution in [0.15, 0.2) is 30.5 Å². The average molecular weight is 284 g/mol. The minimum atomic E-state index is -0.359. The third-order valence-electron chi connectivity index (χ3n) is 3.32. The number of aryl methyl sites for hydroxylation is 2. The molecular weight excluding hydrogens is 264 g/mol. The summed E-state index contributed by atoms with van der Waals surface area (Å²) in [7, 11) is 0. The van der Waals surface area contributed by atoms with Crippen LogP contribution < -0.4 is 0 Å². The van der Waals surface area contributed by atoms with Gasteiger partial charge in [0.05, 0.1) is 17.9 Å². The number of nitrogens with zero attached hydrogens (tertiary/aromatic N) is 2. The Bertz CT molecular complexity index is 621. The van der Waals surface area contributed by atoms with Gasteiger partial charge in [-0.15, -0.1) is 0 Å². The molecule has 1 aromatic carbocycles. The lowest BCUT2D eigenvalue weighted by Crippen LogP contribution is -2.11. The van der Waals surface area contributed by atoms with Gasteiger partial charge < -0.3 is 4.74 Å². The fourth-order valence-corrected chi connectivity index (χ4v) is 2.09. The van der Waals surface area contributed by atoms with E-state index in [0.29, 0.717) is 24.4 Å². The molecule has 0 aliphatic rings. The second-order valence-electron chi connectivity index (χ2n) is 4.68. The SMILES string of the molecule is CCOC(=O)c1cnc(-c2ccc(CC)cc2)nc1CC. The Morgan fingerprint density at radius 1 is 1.10 bits per heavy atom. The molecule has 0 bridgehead atoms. The third-order valence-corrected chi connectivity index (χ3v) is 3.32. The summed E-state index contributed by atoms with van der Waals surface area (Å²) in [5.74, 6) is 0.282. The topological polar surface area (TPSA) is 52.1 Å². The molecule has 4 heteroatoms. The van der Waals surface area contributed by atoms with Crippen LogP contribution in [-0.4, -0.2) is 22.5 Å². The second-order valence-corrected chi connectivity index (χ2v) is 4.68. The molecule has 110 valence electrons. The molecule has 0 atom stereocenters. The molecule has 21 heavy (non-hydrogen) atoms. The van der Waals surface area contributed by atoms with E-state index in [-0.39, 0.29) is 5.97 Å². The zero-order valence-corrected chi connectivity index (χ0v) is 12.7. The number of benzene rings is 1. The number of carbonyl (C=O) groups is 1. The molecular formula is C17H20N2O2. The molecule has 0 amide bonds. The van der Waals surface area contributed by atoms with E-state index in [0.717, 1.165) is 17.7 Å². The number of ether oxygens (including phenoxy) is 1. The lowest BCUT2D eigenvalue weighted by Gasteiger charge is -2.08. The van der Waals surface area contributed by atoms with Crippen LogP contribution in [0, 0.1) is 0 Å². The van der Waals surface area contributed by atoms with Gasteiger partial charge in [0.15, 0.2) is 5.82 Å². The molecule has 4 nitrogen and oxygen atoms in total. The highest BCUT2D eigenvalue weighted by Gasteiger charge is 2.15. The maximum absolute atomic E-state index is 11.9. The van der Waals surface area contributed by atoms with Crippen LogP contribution in [0.5, 0.6) is 0 Å². The van der Waals surface area contributed by atoms with Crippen molar-refractivity contribution in [3.05, 3.63) is 47.3 Å². The lowest BCUT2D eigenvalue weighted by molar-refractivity contribution is 0.0524. The molecule has 2 rings (SSSR count). The molecule has 0 saturated heterocycles. The van der Waals surface area contributed by atoms with E-state index in [1.54, 1.807) is 13.1 Å². The summed E-state index contributed by atoms with van der Waals surface area (Å²) >= 11 is 0. The summed E-state index contributed by atoms with van der Waals surface area (Å²) in [6.45, 7) is 6.22. The van der Waals surface area contributed by atoms with Crippen molar-refractivity contribution in [3.63, 3.8) is 0 Å². The van der Waals surface area contributed by atoms with Crippen molar-refractivity contribution in [1.82, 2.24) is 9.97 Å². The predicted molar refractivity (Wildman–Crippen MR) is 82.2 cm³/mol. The number of esters is 1. The van der Waals surface area contributed by atoms with Crippen LogP contribution in [0.3, 0.4) is 0 Å². The Labute approximate surface area is 125 Å². The summed E-state index contributed by atoms with van der Waals surface area (Å²) in [5.41, 5.74) is 3.40. The van der Waals surface area contributed by atoms with E-state index in [9.17, 15) is 4.79 Å². The van der Waals surface area contributed by atoms with E-state index in [1.807, 2.05) is 19.1 Å². The Hall–Kier alpha value is -2.23. The van der Waals surface area contributed by atoms with Gasteiger partial charge in [0.1, 0.15) is 0 Å². The van der Waals surface area contributed by atoms with Gasteiger partial charge in [0.2, 0.25) is 0 Å². The van der Waals surface area contributed by atoms with Crippen molar-refractivity contribution >= 4 is 5.97 Å². The van der Waals surface area contributed by atoms with Gasteiger partial charge >= 0.3 is 5.97 Å². The van der Waals surface area contributed by atoms with E-state index in [1.165, 1.54) is 5.56 Å². The largest absolute Gasteiger partial charge is 0.462 e. The summed E-state index contributed by atoms with van der Waals surface area (Å²) in [4.78, 5) is 20.7. The van der Waals surface area contributed by atoms with Gasteiger partial charge in [-0.25, -0.2) is 14.8 Å². The maximum Gasteiger partial charge on any atom is 0.341 e. The van der Waals surface area contributed by atoms with Gasteiger partial charge in [0, 0.05) is 11.8 Å². The molecule has 1 aromatic heterocycles. The normalized spacial score (nSPS) is 10.4. The van der Waals surface area contributed by atoms with Crippen molar-refractivity contribution in [2.75, 3.05) is 6.61 Å². The van der Waals surface area contributed by atoms with Crippen molar-refractivity contribution < 1.29 is 9.53 Å². The quantitative estimate of drug-likeness (QED) is 0.789. The van der Waals surface area contributed by atoms with Crippen molar-refractivity contribution in [3.8, 4) is 11.4 Å². The molecule has 2 aromatic rings. The van der Waals surface area contributed by atoms with E-state index in [2.05, 4.69) is 29.0 Å². The van der Waals surface area contributed by atoms with Crippen molar-refractivity contribution in [2.24, 2.45) is 0 Å². The number of hydrogen-bond acceptors (Lipinski definition) is 4. The van der Waals surface area contributed by atoms with Gasteiger partial charge in [-0.1, -0.05) is 38.1 Å². The highest BCUT2D eigenvalue weighted by molar-refractivity contribution is 5.90. The Morgan fingerprint density at radius 2 is 1.81 bits per heavy atom. The van der Waals surface area contributed by atoms with Crippen LogP contribution in [0.2, 0.25) is 0 Å². The average Bonchev–Trinajstić information content (AvgIpc) is 2.54. The fourth-order valence-electron chi connectivity index (χ4n) is 2.09. The number of hydrogen-bond donors (Lipinski definition) is 0. The molecule has 0 aliphatic heterocycles. The monoisotopic (exact) mass is 284 g/mol. The van der Waals surface area contributed by atoms with Crippen LogP contribution >= 0.6 is 0 Å². The van der Waals surface area contributed by atoms with Crippen LogP contribution in [0.25, 0.3) is 11.4 Å². The first-order chi connectivity index (χ1) is 10.2. The van der Waals surface area contributed by atoms with Crippen molar-refractivity contribution in [2.45, 2.75) is 33.6 Å². The van der Waals surface area contributed by atoms with E-state index >= 15 is 0 Å². The molecule has 0 aliphatic carbocycles. The number of rotatable bonds is 5. The van der Waals surface area contributed by atoms with Crippen LogP contribution in [-0.2, 0) is 17.6 Å². The Morgan fingerprint density at radius 3 is 2.38 bits per heavy atom. The Kier molecular flexibility index (Phi) is 5.04. The summed E-state index contributed by atoms with van der Waals surface area (Å²) in [5, 5.41) is 0. The molecule has 0 N–H and O–H groups in total. The molecule has 1 heterocycles. The van der Waals surface area contributed by atoms with Gasteiger partial charge in [-0.3, -0.25) is 0 Å². The number of aromatic nitrogens is 2. The highest BCUT2D eigenvalue weighted by atomic mass is 16.5. The molecule has 0 spiro atoms. The molecule has 0 saturated carbocycles. The first-order valence-corrected chi connectivity index (χ1v) is 7.31. The zero-order chi connectivity index (χ0) is 15.2. The lowest BCUT2D eigenvalue weighted by atomic mass is 10.1. The van der Waals surface area contributed by atoms with E-state index in [4.69, 9.17) is 4.74 Å². The Balaban J connectivity index is 2.35. The summed E-state index contributed by atoms with van der Waals surface area (Å²) in [6, 6.07) is 8.17. The van der Waals surface area contributed by atoms with Gasteiger partial charge in [-0.2, -0.15) is 0 Å². The minimum Gasteiger partial charge on any atom is -0.462 e.